The number of nitrogens with zero attached hydrogens (tertiary/aromatic N) is 2. The topological polar surface area (TPSA) is 47.3 Å². The molecule has 0 bridgehead atoms. The maximum Gasteiger partial charge on any atom is 0.122 e. The summed E-state index contributed by atoms with van der Waals surface area (Å²) < 4.78 is 7.92. The molecular weight excluding hydrogens is 300 g/mol. The summed E-state index contributed by atoms with van der Waals surface area (Å²) >= 11 is 0. The van der Waals surface area contributed by atoms with E-state index in [-0.39, 0.29) is 6.61 Å². The van der Waals surface area contributed by atoms with Gasteiger partial charge >= 0.3 is 0 Å². The quantitative estimate of drug-likeness (QED) is 0.753. The van der Waals surface area contributed by atoms with E-state index in [0.717, 1.165) is 40.2 Å². The fourth-order valence-corrected chi connectivity index (χ4v) is 2.91. The van der Waals surface area contributed by atoms with Gasteiger partial charge in [0.25, 0.3) is 0 Å². The van der Waals surface area contributed by atoms with Crippen molar-refractivity contribution in [2.45, 2.75) is 39.8 Å². The summed E-state index contributed by atoms with van der Waals surface area (Å²) in [5, 5.41) is 10.4. The smallest absolute Gasteiger partial charge is 0.122 e. The molecule has 4 nitrogen and oxygen atoms in total. The number of aliphatic hydroxyl groups excluding tert-OH is 1. The van der Waals surface area contributed by atoms with Crippen LogP contribution in [-0.4, -0.2) is 27.4 Å². The lowest BCUT2D eigenvalue weighted by atomic mass is 10.1. The highest BCUT2D eigenvalue weighted by atomic mass is 16.5. The van der Waals surface area contributed by atoms with Crippen molar-refractivity contribution in [3.63, 3.8) is 0 Å². The number of fused-ring (bicyclic) bond motifs is 1. The van der Waals surface area contributed by atoms with Crippen LogP contribution in [0.2, 0.25) is 0 Å². The molecular formula is C20H24N2O2. The first-order chi connectivity index (χ1) is 11.6. The van der Waals surface area contributed by atoms with E-state index in [4.69, 9.17) is 4.74 Å². The zero-order valence-electron chi connectivity index (χ0n) is 14.5. The van der Waals surface area contributed by atoms with Gasteiger partial charge in [-0.05, 0) is 43.2 Å². The number of aromatic nitrogens is 2. The van der Waals surface area contributed by atoms with Crippen LogP contribution in [-0.2, 0) is 13.0 Å². The molecule has 0 radical (unpaired) electrons. The van der Waals surface area contributed by atoms with Crippen LogP contribution in [0.15, 0.2) is 42.5 Å². The lowest BCUT2D eigenvalue weighted by Crippen LogP contribution is -2.24. The number of aliphatic hydroxyl groups is 1. The number of ether oxygens (including phenoxy) is 1. The molecule has 0 saturated heterocycles. The van der Waals surface area contributed by atoms with Crippen molar-refractivity contribution >= 4 is 11.0 Å². The molecule has 126 valence electrons. The molecule has 0 unspecified atom stereocenters. The van der Waals surface area contributed by atoms with Gasteiger partial charge in [0, 0.05) is 6.42 Å². The van der Waals surface area contributed by atoms with Gasteiger partial charge in [0.15, 0.2) is 0 Å². The second-order valence-electron chi connectivity index (χ2n) is 6.21. The van der Waals surface area contributed by atoms with E-state index in [1.54, 1.807) is 0 Å². The molecule has 0 saturated carbocycles. The monoisotopic (exact) mass is 324 g/mol. The van der Waals surface area contributed by atoms with Crippen LogP contribution in [0.1, 0.15) is 23.9 Å². The van der Waals surface area contributed by atoms with Crippen LogP contribution in [0, 0.1) is 13.8 Å². The van der Waals surface area contributed by atoms with Gasteiger partial charge in [0.05, 0.1) is 17.6 Å². The van der Waals surface area contributed by atoms with Gasteiger partial charge in [-0.15, -0.1) is 0 Å². The highest BCUT2D eigenvalue weighted by molar-refractivity contribution is 5.75. The average Bonchev–Trinajstić information content (AvgIpc) is 2.93. The van der Waals surface area contributed by atoms with Crippen molar-refractivity contribution in [1.29, 1.82) is 0 Å². The molecule has 1 atom stereocenters. The molecule has 24 heavy (non-hydrogen) atoms. The van der Waals surface area contributed by atoms with Gasteiger partial charge in [0.2, 0.25) is 0 Å². The van der Waals surface area contributed by atoms with Gasteiger partial charge in [-0.2, -0.15) is 0 Å². The first-order valence-corrected chi connectivity index (χ1v) is 8.40. The van der Waals surface area contributed by atoms with Crippen LogP contribution in [0.3, 0.4) is 0 Å². The van der Waals surface area contributed by atoms with Gasteiger partial charge in [-0.25, -0.2) is 4.98 Å². The molecule has 0 spiro atoms. The Morgan fingerprint density at radius 1 is 1.17 bits per heavy atom. The number of hydrogen-bond donors (Lipinski definition) is 1. The molecule has 0 amide bonds. The molecule has 3 rings (SSSR count). The molecule has 4 heteroatoms. The van der Waals surface area contributed by atoms with Gasteiger partial charge < -0.3 is 14.4 Å². The third-order valence-corrected chi connectivity index (χ3v) is 4.22. The van der Waals surface area contributed by atoms with E-state index in [9.17, 15) is 5.11 Å². The van der Waals surface area contributed by atoms with Crippen molar-refractivity contribution in [1.82, 2.24) is 9.55 Å². The number of imidazole rings is 1. The Balaban J connectivity index is 1.73. The van der Waals surface area contributed by atoms with E-state index in [1.165, 1.54) is 0 Å². The molecule has 0 fully saturated rings. The van der Waals surface area contributed by atoms with Crippen molar-refractivity contribution in [2.75, 3.05) is 6.61 Å². The largest absolute Gasteiger partial charge is 0.491 e. The lowest BCUT2D eigenvalue weighted by Gasteiger charge is -2.16. The minimum atomic E-state index is -0.590. The third kappa shape index (κ3) is 3.44. The van der Waals surface area contributed by atoms with Gasteiger partial charge in [-0.3, -0.25) is 0 Å². The molecule has 1 aromatic heterocycles. The normalized spacial score (nSPS) is 12.5. The van der Waals surface area contributed by atoms with Gasteiger partial charge in [-0.1, -0.05) is 31.2 Å². The van der Waals surface area contributed by atoms with Crippen LogP contribution in [0.5, 0.6) is 5.75 Å². The van der Waals surface area contributed by atoms with E-state index in [1.807, 2.05) is 50.2 Å². The maximum absolute atomic E-state index is 10.4. The Labute approximate surface area is 142 Å². The summed E-state index contributed by atoms with van der Waals surface area (Å²) in [5.41, 5.74) is 4.26. The average molecular weight is 324 g/mol. The summed E-state index contributed by atoms with van der Waals surface area (Å²) in [6.07, 6.45) is 0.243. The zero-order valence-corrected chi connectivity index (χ0v) is 14.5. The third-order valence-electron chi connectivity index (χ3n) is 4.22. The Morgan fingerprint density at radius 3 is 2.75 bits per heavy atom. The minimum absolute atomic E-state index is 0.264. The molecule has 1 heterocycles. The lowest BCUT2D eigenvalue weighted by molar-refractivity contribution is 0.0924. The number of hydrogen-bond acceptors (Lipinski definition) is 3. The molecule has 2 aromatic carbocycles. The van der Waals surface area contributed by atoms with E-state index in [0.29, 0.717) is 6.54 Å². The summed E-state index contributed by atoms with van der Waals surface area (Å²) in [4.78, 5) is 4.64. The predicted octanol–water partition coefficient (Wildman–Crippen LogP) is 3.66. The Kier molecular flexibility index (Phi) is 4.86. The van der Waals surface area contributed by atoms with E-state index >= 15 is 0 Å². The predicted molar refractivity (Wildman–Crippen MR) is 96.5 cm³/mol. The highest BCUT2D eigenvalue weighted by Gasteiger charge is 2.14. The van der Waals surface area contributed by atoms with Crippen molar-refractivity contribution in [3.05, 3.63) is 59.4 Å². The standard InChI is InChI=1S/C20H24N2O2/c1-4-20-21-17-7-5-6-8-18(17)22(20)12-16(23)13-24-19-11-14(2)9-10-15(19)3/h5-11,16,23H,4,12-13H2,1-3H3/t16-/m0/s1. The fourth-order valence-electron chi connectivity index (χ4n) is 2.91. The molecule has 0 aliphatic rings. The highest BCUT2D eigenvalue weighted by Crippen LogP contribution is 2.20. The molecule has 3 aromatic rings. The van der Waals surface area contributed by atoms with E-state index < -0.39 is 6.10 Å². The maximum atomic E-state index is 10.4. The Hall–Kier alpha value is -2.33. The van der Waals surface area contributed by atoms with Crippen LogP contribution < -0.4 is 4.74 Å². The summed E-state index contributed by atoms with van der Waals surface area (Å²) in [5.74, 6) is 1.82. The SMILES string of the molecule is CCc1nc2ccccc2n1C[C@H](O)COc1cc(C)ccc1C. The van der Waals surface area contributed by atoms with Crippen molar-refractivity contribution in [2.24, 2.45) is 0 Å². The summed E-state index contributed by atoms with van der Waals surface area (Å²) in [6.45, 7) is 6.87. The van der Waals surface area contributed by atoms with Gasteiger partial charge in [0.1, 0.15) is 24.3 Å². The number of benzene rings is 2. The Morgan fingerprint density at radius 2 is 1.96 bits per heavy atom. The van der Waals surface area contributed by atoms with Crippen LogP contribution in [0.25, 0.3) is 11.0 Å². The van der Waals surface area contributed by atoms with Crippen molar-refractivity contribution < 1.29 is 9.84 Å². The van der Waals surface area contributed by atoms with Crippen molar-refractivity contribution in [3.8, 4) is 5.75 Å². The van der Waals surface area contributed by atoms with Crippen LogP contribution >= 0.6 is 0 Å². The number of aryl methyl sites for hydroxylation is 3. The summed E-state index contributed by atoms with van der Waals surface area (Å²) in [7, 11) is 0. The minimum Gasteiger partial charge on any atom is -0.491 e. The van der Waals surface area contributed by atoms with Crippen LogP contribution in [0.4, 0.5) is 0 Å². The summed E-state index contributed by atoms with van der Waals surface area (Å²) in [6, 6.07) is 14.1. The zero-order chi connectivity index (χ0) is 17.1. The molecule has 0 aliphatic heterocycles. The number of para-hydroxylation sites is 2. The number of rotatable bonds is 6. The molecule has 0 aliphatic carbocycles. The first kappa shape index (κ1) is 16.5. The Bertz CT molecular complexity index is 839. The first-order valence-electron chi connectivity index (χ1n) is 8.40. The fraction of sp³-hybridized carbons (Fsp3) is 0.350. The second kappa shape index (κ2) is 7.05. The molecule has 1 N–H and O–H groups in total. The van der Waals surface area contributed by atoms with E-state index in [2.05, 4.69) is 22.5 Å². The second-order valence-corrected chi connectivity index (χ2v) is 6.21.